The van der Waals surface area contributed by atoms with E-state index in [9.17, 15) is 5.11 Å². The summed E-state index contributed by atoms with van der Waals surface area (Å²) in [7, 11) is 0. The van der Waals surface area contributed by atoms with Crippen LogP contribution in [0.5, 0.6) is 0 Å². The summed E-state index contributed by atoms with van der Waals surface area (Å²) in [6.45, 7) is 8.77. The van der Waals surface area contributed by atoms with Crippen LogP contribution in [0.3, 0.4) is 0 Å². The summed E-state index contributed by atoms with van der Waals surface area (Å²) in [5, 5.41) is 10.6. The summed E-state index contributed by atoms with van der Waals surface area (Å²) in [6, 6.07) is 0. The van der Waals surface area contributed by atoms with Crippen LogP contribution in [-0.4, -0.2) is 23.4 Å². The molecule has 0 aromatic rings. The van der Waals surface area contributed by atoms with E-state index in [0.717, 1.165) is 32.1 Å². The molecule has 3 unspecified atom stereocenters. The van der Waals surface area contributed by atoms with Gasteiger partial charge in [-0.15, -0.1) is 6.58 Å². The second-order valence-electron chi connectivity index (χ2n) is 6.14. The van der Waals surface area contributed by atoms with Crippen molar-refractivity contribution < 1.29 is 9.84 Å². The van der Waals surface area contributed by atoms with Crippen molar-refractivity contribution in [1.29, 1.82) is 0 Å². The quantitative estimate of drug-likeness (QED) is 0.494. The maximum absolute atomic E-state index is 10.6. The lowest BCUT2D eigenvalue weighted by Gasteiger charge is -2.43. The minimum absolute atomic E-state index is 0.259. The van der Waals surface area contributed by atoms with Gasteiger partial charge in [0.1, 0.15) is 0 Å². The molecule has 2 heteroatoms. The van der Waals surface area contributed by atoms with Crippen molar-refractivity contribution in [1.82, 2.24) is 0 Å². The molecule has 0 aromatic heterocycles. The first-order valence-corrected chi connectivity index (χ1v) is 8.07. The highest BCUT2D eigenvalue weighted by atomic mass is 16.5. The van der Waals surface area contributed by atoms with Crippen molar-refractivity contribution in [3.8, 4) is 0 Å². The van der Waals surface area contributed by atoms with E-state index in [1.54, 1.807) is 0 Å². The number of hydrogen-bond donors (Lipinski definition) is 1. The Morgan fingerprint density at radius 2 is 2.21 bits per heavy atom. The van der Waals surface area contributed by atoms with Crippen molar-refractivity contribution in [3.05, 3.63) is 12.7 Å². The highest BCUT2D eigenvalue weighted by Crippen LogP contribution is 2.39. The summed E-state index contributed by atoms with van der Waals surface area (Å²) in [4.78, 5) is 0. The average molecular weight is 268 g/mol. The summed E-state index contributed by atoms with van der Waals surface area (Å²) < 4.78 is 6.01. The predicted molar refractivity (Wildman–Crippen MR) is 81.3 cm³/mol. The van der Waals surface area contributed by atoms with E-state index in [1.165, 1.54) is 25.7 Å². The molecule has 0 bridgehead atoms. The van der Waals surface area contributed by atoms with Crippen molar-refractivity contribution in [2.45, 2.75) is 83.3 Å². The Labute approximate surface area is 119 Å². The maximum atomic E-state index is 10.6. The molecule has 1 N–H and O–H groups in total. The number of allylic oxidation sites excluding steroid dienone is 1. The SMILES string of the molecule is C=CCCCCCC(O)C1(OCC)CCCC(C)C1. The molecular weight excluding hydrogens is 236 g/mol. The Kier molecular flexibility index (Phi) is 7.70. The molecule has 2 nitrogen and oxygen atoms in total. The monoisotopic (exact) mass is 268 g/mol. The van der Waals surface area contributed by atoms with Gasteiger partial charge in [0.15, 0.2) is 0 Å². The Balaban J connectivity index is 2.43. The molecule has 0 amide bonds. The lowest BCUT2D eigenvalue weighted by atomic mass is 9.74. The van der Waals surface area contributed by atoms with Gasteiger partial charge in [-0.2, -0.15) is 0 Å². The average Bonchev–Trinajstić information content (AvgIpc) is 2.38. The largest absolute Gasteiger partial charge is 0.390 e. The maximum Gasteiger partial charge on any atom is 0.0942 e. The van der Waals surface area contributed by atoms with E-state index < -0.39 is 0 Å². The Bertz CT molecular complexity index is 248. The van der Waals surface area contributed by atoms with Gasteiger partial charge < -0.3 is 9.84 Å². The van der Waals surface area contributed by atoms with E-state index in [0.29, 0.717) is 12.5 Å². The second-order valence-corrected chi connectivity index (χ2v) is 6.14. The molecule has 0 radical (unpaired) electrons. The van der Waals surface area contributed by atoms with Crippen LogP contribution in [-0.2, 0) is 4.74 Å². The molecule has 1 saturated carbocycles. The van der Waals surface area contributed by atoms with Crippen molar-refractivity contribution in [3.63, 3.8) is 0 Å². The molecule has 0 spiro atoms. The number of unbranched alkanes of at least 4 members (excludes halogenated alkanes) is 3. The van der Waals surface area contributed by atoms with Gasteiger partial charge in [0, 0.05) is 6.61 Å². The second kappa shape index (κ2) is 8.76. The third-order valence-corrected chi connectivity index (χ3v) is 4.42. The molecule has 3 atom stereocenters. The first-order valence-electron chi connectivity index (χ1n) is 8.07. The van der Waals surface area contributed by atoms with Gasteiger partial charge in [0.2, 0.25) is 0 Å². The minimum atomic E-state index is -0.293. The molecule has 112 valence electrons. The first kappa shape index (κ1) is 16.7. The number of hydrogen-bond acceptors (Lipinski definition) is 2. The molecule has 1 rings (SSSR count). The Morgan fingerprint density at radius 3 is 2.84 bits per heavy atom. The number of aliphatic hydroxyl groups excluding tert-OH is 1. The molecular formula is C17H32O2. The fraction of sp³-hybridized carbons (Fsp3) is 0.882. The minimum Gasteiger partial charge on any atom is -0.390 e. The Morgan fingerprint density at radius 1 is 1.42 bits per heavy atom. The molecule has 1 aliphatic carbocycles. The Hall–Kier alpha value is -0.340. The molecule has 1 fully saturated rings. The molecule has 0 saturated heterocycles. The molecule has 0 aliphatic heterocycles. The van der Waals surface area contributed by atoms with E-state index in [-0.39, 0.29) is 11.7 Å². The van der Waals surface area contributed by atoms with Crippen LogP contribution in [0.2, 0.25) is 0 Å². The topological polar surface area (TPSA) is 29.5 Å². The molecule has 19 heavy (non-hydrogen) atoms. The van der Waals surface area contributed by atoms with Gasteiger partial charge in [0.05, 0.1) is 11.7 Å². The van der Waals surface area contributed by atoms with Crippen LogP contribution < -0.4 is 0 Å². The van der Waals surface area contributed by atoms with Crippen LogP contribution in [0.1, 0.15) is 71.6 Å². The highest BCUT2D eigenvalue weighted by Gasteiger charge is 2.41. The van der Waals surface area contributed by atoms with Gasteiger partial charge in [-0.1, -0.05) is 38.7 Å². The van der Waals surface area contributed by atoms with Gasteiger partial charge in [0.25, 0.3) is 0 Å². The molecule has 0 heterocycles. The van der Waals surface area contributed by atoms with E-state index in [2.05, 4.69) is 13.5 Å². The number of ether oxygens (including phenoxy) is 1. The van der Waals surface area contributed by atoms with Gasteiger partial charge in [-0.3, -0.25) is 0 Å². The van der Waals surface area contributed by atoms with E-state index >= 15 is 0 Å². The van der Waals surface area contributed by atoms with Crippen molar-refractivity contribution >= 4 is 0 Å². The van der Waals surface area contributed by atoms with Gasteiger partial charge in [-0.25, -0.2) is 0 Å². The molecule has 0 aromatic carbocycles. The van der Waals surface area contributed by atoms with Crippen molar-refractivity contribution in [2.75, 3.05) is 6.61 Å². The highest BCUT2D eigenvalue weighted by molar-refractivity contribution is 4.93. The third-order valence-electron chi connectivity index (χ3n) is 4.42. The zero-order chi connectivity index (χ0) is 14.1. The predicted octanol–water partition coefficient (Wildman–Crippen LogP) is 4.47. The number of aliphatic hydroxyl groups is 1. The van der Waals surface area contributed by atoms with Gasteiger partial charge >= 0.3 is 0 Å². The molecule has 1 aliphatic rings. The van der Waals surface area contributed by atoms with Crippen LogP contribution in [0.15, 0.2) is 12.7 Å². The van der Waals surface area contributed by atoms with Crippen LogP contribution in [0.4, 0.5) is 0 Å². The zero-order valence-electron chi connectivity index (χ0n) is 12.9. The fourth-order valence-corrected chi connectivity index (χ4v) is 3.43. The lowest BCUT2D eigenvalue weighted by Crippen LogP contribution is -2.48. The van der Waals surface area contributed by atoms with Crippen LogP contribution in [0.25, 0.3) is 0 Å². The van der Waals surface area contributed by atoms with E-state index in [4.69, 9.17) is 4.74 Å². The standard InChI is InChI=1S/C17H32O2/c1-4-6-7-8-9-12-16(18)17(19-5-2)13-10-11-15(3)14-17/h4,15-16,18H,1,5-14H2,2-3H3. The first-order chi connectivity index (χ1) is 9.14. The normalized spacial score (nSPS) is 29.1. The summed E-state index contributed by atoms with van der Waals surface area (Å²) in [5.41, 5.74) is -0.259. The van der Waals surface area contributed by atoms with Crippen LogP contribution >= 0.6 is 0 Å². The van der Waals surface area contributed by atoms with Crippen LogP contribution in [0, 0.1) is 5.92 Å². The smallest absolute Gasteiger partial charge is 0.0942 e. The summed E-state index contributed by atoms with van der Waals surface area (Å²) >= 11 is 0. The summed E-state index contributed by atoms with van der Waals surface area (Å²) in [6.07, 6.45) is 11.6. The van der Waals surface area contributed by atoms with Crippen molar-refractivity contribution in [2.24, 2.45) is 5.92 Å². The van der Waals surface area contributed by atoms with E-state index in [1.807, 2.05) is 13.0 Å². The third kappa shape index (κ3) is 5.27. The fourth-order valence-electron chi connectivity index (χ4n) is 3.43. The lowest BCUT2D eigenvalue weighted by molar-refractivity contribution is -0.149. The zero-order valence-corrected chi connectivity index (χ0v) is 12.9. The summed E-state index contributed by atoms with van der Waals surface area (Å²) in [5.74, 6) is 0.677. The van der Waals surface area contributed by atoms with Gasteiger partial charge in [-0.05, 0) is 44.9 Å². The number of rotatable bonds is 9.